The fraction of sp³-hybridized carbons (Fsp3) is 0.867. The van der Waals surface area contributed by atoms with E-state index in [4.69, 9.17) is 6.42 Å². The van der Waals surface area contributed by atoms with E-state index in [1.54, 1.807) is 0 Å². The number of rotatable bonds is 3. The van der Waals surface area contributed by atoms with Crippen LogP contribution in [0.1, 0.15) is 47.0 Å². The maximum absolute atomic E-state index is 5.72. The Hall–Kier alpha value is -0.520. The minimum atomic E-state index is -0.126. The van der Waals surface area contributed by atoms with Crippen molar-refractivity contribution in [3.8, 4) is 12.3 Å². The van der Waals surface area contributed by atoms with Crippen LogP contribution in [-0.2, 0) is 0 Å². The number of nitrogens with one attached hydrogen (secondary N) is 1. The molecule has 2 fully saturated rings. The molecule has 1 aliphatic heterocycles. The molecular formula is C15H26N2. The van der Waals surface area contributed by atoms with Gasteiger partial charge in [-0.25, -0.2) is 0 Å². The minimum absolute atomic E-state index is 0.126. The van der Waals surface area contributed by atoms with Crippen LogP contribution in [0.25, 0.3) is 0 Å². The van der Waals surface area contributed by atoms with Crippen LogP contribution in [0, 0.1) is 18.3 Å². The molecule has 1 aliphatic carbocycles. The fourth-order valence-electron chi connectivity index (χ4n) is 3.10. The van der Waals surface area contributed by atoms with Crippen LogP contribution in [0.15, 0.2) is 0 Å². The normalized spacial score (nSPS) is 35.6. The lowest BCUT2D eigenvalue weighted by Crippen LogP contribution is -2.67. The quantitative estimate of drug-likeness (QED) is 0.754. The van der Waals surface area contributed by atoms with Gasteiger partial charge in [0.25, 0.3) is 0 Å². The van der Waals surface area contributed by atoms with E-state index in [-0.39, 0.29) is 11.1 Å². The van der Waals surface area contributed by atoms with E-state index >= 15 is 0 Å². The van der Waals surface area contributed by atoms with Crippen LogP contribution >= 0.6 is 0 Å². The van der Waals surface area contributed by atoms with Gasteiger partial charge in [0.1, 0.15) is 0 Å². The SMILES string of the molecule is C#CC(C)(C)N1CC(C)(C2CC2)NCC1CC. The van der Waals surface area contributed by atoms with Gasteiger partial charge in [0, 0.05) is 24.7 Å². The third kappa shape index (κ3) is 2.37. The Bertz CT molecular complexity index is 324. The van der Waals surface area contributed by atoms with E-state index in [0.29, 0.717) is 6.04 Å². The van der Waals surface area contributed by atoms with Crippen molar-refractivity contribution in [2.75, 3.05) is 13.1 Å². The predicted octanol–water partition coefficient (Wildman–Crippen LogP) is 2.25. The maximum atomic E-state index is 5.72. The molecule has 2 atom stereocenters. The number of hydrogen-bond donors (Lipinski definition) is 1. The first kappa shape index (κ1) is 12.9. The maximum Gasteiger partial charge on any atom is 0.0769 e. The number of terminal acetylenes is 1. The molecule has 1 N–H and O–H groups in total. The molecule has 0 spiro atoms. The number of piperazine rings is 1. The van der Waals surface area contributed by atoms with E-state index in [9.17, 15) is 0 Å². The van der Waals surface area contributed by atoms with Gasteiger partial charge in [0.15, 0.2) is 0 Å². The first-order valence-electron chi connectivity index (χ1n) is 6.92. The summed E-state index contributed by atoms with van der Waals surface area (Å²) in [7, 11) is 0. The van der Waals surface area contributed by atoms with Gasteiger partial charge >= 0.3 is 0 Å². The molecule has 1 saturated carbocycles. The third-order valence-electron chi connectivity index (χ3n) is 4.70. The Labute approximate surface area is 106 Å². The lowest BCUT2D eigenvalue weighted by molar-refractivity contribution is 0.0220. The topological polar surface area (TPSA) is 15.3 Å². The number of hydrogen-bond acceptors (Lipinski definition) is 2. The van der Waals surface area contributed by atoms with E-state index in [2.05, 4.69) is 43.8 Å². The lowest BCUT2D eigenvalue weighted by Gasteiger charge is -2.51. The summed E-state index contributed by atoms with van der Waals surface area (Å²) in [5, 5.41) is 3.77. The molecule has 2 unspecified atom stereocenters. The first-order chi connectivity index (χ1) is 7.93. The molecule has 2 aliphatic rings. The average Bonchev–Trinajstić information content (AvgIpc) is 3.13. The zero-order chi connectivity index (χ0) is 12.7. The first-order valence-corrected chi connectivity index (χ1v) is 6.92. The van der Waals surface area contributed by atoms with Crippen molar-refractivity contribution in [2.24, 2.45) is 5.92 Å². The molecule has 0 radical (unpaired) electrons. The monoisotopic (exact) mass is 234 g/mol. The van der Waals surface area contributed by atoms with Crippen molar-refractivity contribution in [3.05, 3.63) is 0 Å². The molecule has 0 aromatic heterocycles. The molecule has 0 aromatic rings. The van der Waals surface area contributed by atoms with Gasteiger partial charge in [-0.3, -0.25) is 4.90 Å². The van der Waals surface area contributed by atoms with Gasteiger partial charge in [-0.15, -0.1) is 6.42 Å². The van der Waals surface area contributed by atoms with E-state index in [1.165, 1.54) is 19.3 Å². The fourth-order valence-corrected chi connectivity index (χ4v) is 3.10. The zero-order valence-electron chi connectivity index (χ0n) is 11.7. The second-order valence-corrected chi connectivity index (χ2v) is 6.47. The Kier molecular flexibility index (Phi) is 3.27. The Morgan fingerprint density at radius 3 is 2.59 bits per heavy atom. The summed E-state index contributed by atoms with van der Waals surface area (Å²) in [5.41, 5.74) is 0.152. The third-order valence-corrected chi connectivity index (χ3v) is 4.70. The van der Waals surface area contributed by atoms with Gasteiger partial charge < -0.3 is 5.32 Å². The van der Waals surface area contributed by atoms with Crippen molar-refractivity contribution >= 4 is 0 Å². The molecule has 96 valence electrons. The second-order valence-electron chi connectivity index (χ2n) is 6.47. The van der Waals surface area contributed by atoms with Crippen molar-refractivity contribution in [3.63, 3.8) is 0 Å². The highest BCUT2D eigenvalue weighted by atomic mass is 15.3. The molecule has 0 aromatic carbocycles. The largest absolute Gasteiger partial charge is 0.308 e. The summed E-state index contributed by atoms with van der Waals surface area (Å²) >= 11 is 0. The van der Waals surface area contributed by atoms with Crippen LogP contribution in [0.2, 0.25) is 0 Å². The van der Waals surface area contributed by atoms with Crippen molar-refractivity contribution in [2.45, 2.75) is 64.1 Å². The summed E-state index contributed by atoms with van der Waals surface area (Å²) in [4.78, 5) is 2.54. The predicted molar refractivity (Wildman–Crippen MR) is 72.8 cm³/mol. The molecule has 1 heterocycles. The standard InChI is InChI=1S/C15H26N2/c1-6-13-10-16-15(5,12-8-9-12)11-17(13)14(3,4)7-2/h2,12-13,16H,6,8-11H2,1,3-5H3. The smallest absolute Gasteiger partial charge is 0.0769 e. The van der Waals surface area contributed by atoms with Crippen molar-refractivity contribution < 1.29 is 0 Å². The Balaban J connectivity index is 2.17. The molecule has 0 bridgehead atoms. The van der Waals surface area contributed by atoms with E-state index < -0.39 is 0 Å². The minimum Gasteiger partial charge on any atom is -0.308 e. The summed E-state index contributed by atoms with van der Waals surface area (Å²) in [6.45, 7) is 11.1. The molecular weight excluding hydrogens is 208 g/mol. The molecule has 2 heteroatoms. The molecule has 1 saturated heterocycles. The van der Waals surface area contributed by atoms with E-state index in [1.807, 2.05) is 0 Å². The van der Waals surface area contributed by atoms with Gasteiger partial charge in [-0.2, -0.15) is 0 Å². The van der Waals surface area contributed by atoms with Crippen LogP contribution < -0.4 is 5.32 Å². The molecule has 0 amide bonds. The van der Waals surface area contributed by atoms with Crippen molar-refractivity contribution in [1.29, 1.82) is 0 Å². The highest BCUT2D eigenvalue weighted by Gasteiger charge is 2.48. The number of nitrogens with zero attached hydrogens (tertiary/aromatic N) is 1. The molecule has 17 heavy (non-hydrogen) atoms. The average molecular weight is 234 g/mol. The van der Waals surface area contributed by atoms with E-state index in [0.717, 1.165) is 19.0 Å². The van der Waals surface area contributed by atoms with Gasteiger partial charge in [-0.1, -0.05) is 12.8 Å². The van der Waals surface area contributed by atoms with Crippen molar-refractivity contribution in [1.82, 2.24) is 10.2 Å². The summed E-state index contributed by atoms with van der Waals surface area (Å²) < 4.78 is 0. The van der Waals surface area contributed by atoms with Crippen LogP contribution in [-0.4, -0.2) is 35.1 Å². The second kappa shape index (κ2) is 4.30. The van der Waals surface area contributed by atoms with Gasteiger partial charge in [0.2, 0.25) is 0 Å². The molecule has 2 rings (SSSR count). The van der Waals surface area contributed by atoms with Crippen LogP contribution in [0.4, 0.5) is 0 Å². The summed E-state index contributed by atoms with van der Waals surface area (Å²) in [6.07, 6.45) is 9.65. The molecule has 2 nitrogen and oxygen atoms in total. The van der Waals surface area contributed by atoms with Crippen LogP contribution in [0.3, 0.4) is 0 Å². The van der Waals surface area contributed by atoms with Crippen LogP contribution in [0.5, 0.6) is 0 Å². The van der Waals surface area contributed by atoms with Gasteiger partial charge in [-0.05, 0) is 46.0 Å². The highest BCUT2D eigenvalue weighted by molar-refractivity contribution is 5.14. The van der Waals surface area contributed by atoms with Gasteiger partial charge in [0.05, 0.1) is 5.54 Å². The summed E-state index contributed by atoms with van der Waals surface area (Å²) in [6, 6.07) is 0.577. The summed E-state index contributed by atoms with van der Waals surface area (Å²) in [5.74, 6) is 3.83. The zero-order valence-corrected chi connectivity index (χ0v) is 11.7. The lowest BCUT2D eigenvalue weighted by atomic mass is 9.87. The Morgan fingerprint density at radius 2 is 2.12 bits per heavy atom. The Morgan fingerprint density at radius 1 is 1.47 bits per heavy atom. The highest BCUT2D eigenvalue weighted by Crippen LogP contribution is 2.42.